The Morgan fingerprint density at radius 3 is 2.56 bits per heavy atom. The molecule has 0 aliphatic carbocycles. The molecule has 36 heavy (non-hydrogen) atoms. The maximum absolute atomic E-state index is 12.2. The summed E-state index contributed by atoms with van der Waals surface area (Å²) in [5.74, 6) is 2.31. The number of hydrogen-bond acceptors (Lipinski definition) is 8. The monoisotopic (exact) mass is 565 g/mol. The maximum Gasteiger partial charge on any atom is 0.277 e. The van der Waals surface area contributed by atoms with Crippen molar-refractivity contribution >= 4 is 50.3 Å². The Morgan fingerprint density at radius 1 is 1.00 bits per heavy atom. The quantitative estimate of drug-likeness (QED) is 0.227. The highest BCUT2D eigenvalue weighted by Gasteiger charge is 2.14. The third kappa shape index (κ3) is 5.21. The second kappa shape index (κ2) is 10.4. The van der Waals surface area contributed by atoms with Crippen LogP contribution in [0.25, 0.3) is 33.9 Å². The predicted molar refractivity (Wildman–Crippen MR) is 141 cm³/mol. The number of carbonyl (C=O) groups is 1. The van der Waals surface area contributed by atoms with E-state index in [1.54, 1.807) is 14.2 Å². The molecule has 9 nitrogen and oxygen atoms in total. The molecular formula is C25H20BrN5O4S. The van der Waals surface area contributed by atoms with Crippen LogP contribution in [0.4, 0.5) is 5.69 Å². The number of ether oxygens (including phenoxy) is 2. The largest absolute Gasteiger partial charge is 0.493 e. The zero-order valence-electron chi connectivity index (χ0n) is 19.2. The number of rotatable bonds is 8. The number of amides is 1. The third-order valence-corrected chi connectivity index (χ3v) is 6.59. The Balaban J connectivity index is 1.28. The molecule has 0 spiro atoms. The lowest BCUT2D eigenvalue weighted by atomic mass is 10.2. The molecule has 0 fully saturated rings. The first-order chi connectivity index (χ1) is 17.5. The predicted octanol–water partition coefficient (Wildman–Crippen LogP) is 5.79. The minimum absolute atomic E-state index is 0.145. The molecule has 0 saturated heterocycles. The van der Waals surface area contributed by atoms with Gasteiger partial charge in [-0.3, -0.25) is 4.79 Å². The van der Waals surface area contributed by atoms with Crippen molar-refractivity contribution in [2.45, 2.75) is 5.22 Å². The molecule has 182 valence electrons. The van der Waals surface area contributed by atoms with Crippen molar-refractivity contribution in [1.82, 2.24) is 20.2 Å². The van der Waals surface area contributed by atoms with Gasteiger partial charge in [0, 0.05) is 21.3 Å². The number of aromatic nitrogens is 4. The lowest BCUT2D eigenvalue weighted by molar-refractivity contribution is -0.113. The summed E-state index contributed by atoms with van der Waals surface area (Å²) in [4.78, 5) is 20.2. The number of H-pyrrole nitrogens is 1. The highest BCUT2D eigenvalue weighted by atomic mass is 79.9. The topological polar surface area (TPSA) is 115 Å². The van der Waals surface area contributed by atoms with Crippen molar-refractivity contribution < 1.29 is 18.7 Å². The minimum atomic E-state index is -0.163. The number of nitrogens with zero attached hydrogens (tertiary/aromatic N) is 3. The van der Waals surface area contributed by atoms with Crippen molar-refractivity contribution in [3.63, 3.8) is 0 Å². The molecule has 0 saturated carbocycles. The van der Waals surface area contributed by atoms with Crippen LogP contribution >= 0.6 is 27.7 Å². The molecule has 2 N–H and O–H groups in total. The number of carbonyl (C=O) groups excluding carboxylic acids is 1. The Kier molecular flexibility index (Phi) is 6.92. The summed E-state index contributed by atoms with van der Waals surface area (Å²) in [7, 11) is 3.19. The standard InChI is InChI=1S/C25H20BrN5O4S/c1-33-20-10-4-14(12-21(20)34-2)23-28-18-9-3-15(11-19(18)29-23)24-30-31-25(35-24)36-13-22(32)27-17-7-5-16(26)6-8-17/h3-12H,13H2,1-2H3,(H,27,32)(H,28,29). The molecule has 2 heterocycles. The van der Waals surface area contributed by atoms with Gasteiger partial charge in [0.15, 0.2) is 11.5 Å². The molecule has 5 rings (SSSR count). The Morgan fingerprint density at radius 2 is 1.78 bits per heavy atom. The Labute approximate surface area is 218 Å². The fourth-order valence-corrected chi connectivity index (χ4v) is 4.33. The number of benzene rings is 3. The minimum Gasteiger partial charge on any atom is -0.493 e. The Hall–Kier alpha value is -3.83. The van der Waals surface area contributed by atoms with Gasteiger partial charge in [-0.25, -0.2) is 4.98 Å². The number of thioether (sulfide) groups is 1. The van der Waals surface area contributed by atoms with Gasteiger partial charge < -0.3 is 24.2 Å². The number of hydrogen-bond donors (Lipinski definition) is 2. The van der Waals surface area contributed by atoms with Gasteiger partial charge >= 0.3 is 0 Å². The van der Waals surface area contributed by atoms with Gasteiger partial charge in [0.2, 0.25) is 11.8 Å². The smallest absolute Gasteiger partial charge is 0.277 e. The molecule has 5 aromatic rings. The summed E-state index contributed by atoms with van der Waals surface area (Å²) in [6, 6.07) is 18.6. The average Bonchev–Trinajstić information content (AvgIpc) is 3.55. The van der Waals surface area contributed by atoms with Crippen LogP contribution in [0.3, 0.4) is 0 Å². The molecule has 0 aliphatic rings. The maximum atomic E-state index is 12.2. The van der Waals surface area contributed by atoms with Crippen molar-refractivity contribution in [2.24, 2.45) is 0 Å². The molecular weight excluding hydrogens is 546 g/mol. The van der Waals surface area contributed by atoms with E-state index in [1.165, 1.54) is 11.8 Å². The number of imidazole rings is 1. The molecule has 1 amide bonds. The lowest BCUT2D eigenvalue weighted by Gasteiger charge is -2.08. The van der Waals surface area contributed by atoms with E-state index in [0.29, 0.717) is 28.4 Å². The van der Waals surface area contributed by atoms with Gasteiger partial charge in [0.05, 0.1) is 31.0 Å². The molecule has 0 radical (unpaired) electrons. The van der Waals surface area contributed by atoms with E-state index < -0.39 is 0 Å². The van der Waals surface area contributed by atoms with Crippen LogP contribution in [0, 0.1) is 0 Å². The molecule has 2 aromatic heterocycles. The summed E-state index contributed by atoms with van der Waals surface area (Å²) < 4.78 is 17.4. The summed E-state index contributed by atoms with van der Waals surface area (Å²) >= 11 is 4.55. The van der Waals surface area contributed by atoms with E-state index >= 15 is 0 Å². The first kappa shape index (κ1) is 23.9. The molecule has 0 bridgehead atoms. The van der Waals surface area contributed by atoms with Gasteiger partial charge in [-0.15, -0.1) is 10.2 Å². The van der Waals surface area contributed by atoms with Crippen LogP contribution in [0.15, 0.2) is 74.8 Å². The zero-order chi connectivity index (χ0) is 25.1. The SMILES string of the molecule is COc1ccc(-c2nc3ccc(-c4nnc(SCC(=O)Nc5ccc(Br)cc5)o4)cc3[nH]2)cc1OC. The average molecular weight is 566 g/mol. The lowest BCUT2D eigenvalue weighted by Crippen LogP contribution is -2.13. The highest BCUT2D eigenvalue weighted by Crippen LogP contribution is 2.33. The summed E-state index contributed by atoms with van der Waals surface area (Å²) in [5, 5.41) is 11.3. The Bertz CT molecular complexity index is 1530. The number of halogens is 1. The fraction of sp³-hybridized carbons (Fsp3) is 0.120. The van der Waals surface area contributed by atoms with Crippen molar-refractivity contribution in [3.05, 3.63) is 65.1 Å². The van der Waals surface area contributed by atoms with Gasteiger partial charge in [0.1, 0.15) is 5.82 Å². The van der Waals surface area contributed by atoms with E-state index in [9.17, 15) is 4.79 Å². The van der Waals surface area contributed by atoms with Crippen molar-refractivity contribution in [3.8, 4) is 34.3 Å². The van der Waals surface area contributed by atoms with E-state index in [0.717, 1.165) is 32.3 Å². The van der Waals surface area contributed by atoms with E-state index in [2.05, 4.69) is 41.4 Å². The molecule has 0 atom stereocenters. The second-order valence-electron chi connectivity index (χ2n) is 7.60. The van der Waals surface area contributed by atoms with Crippen LogP contribution < -0.4 is 14.8 Å². The van der Waals surface area contributed by atoms with Gasteiger partial charge in [0.25, 0.3) is 5.22 Å². The van der Waals surface area contributed by atoms with Gasteiger partial charge in [-0.05, 0) is 60.7 Å². The van der Waals surface area contributed by atoms with Crippen molar-refractivity contribution in [2.75, 3.05) is 25.3 Å². The number of anilines is 1. The van der Waals surface area contributed by atoms with Crippen LogP contribution in [0.5, 0.6) is 11.5 Å². The third-order valence-electron chi connectivity index (χ3n) is 5.25. The summed E-state index contributed by atoms with van der Waals surface area (Å²) in [6.07, 6.45) is 0. The number of fused-ring (bicyclic) bond motifs is 1. The molecule has 0 aliphatic heterocycles. The van der Waals surface area contributed by atoms with E-state index in [-0.39, 0.29) is 11.7 Å². The molecule has 11 heteroatoms. The first-order valence-electron chi connectivity index (χ1n) is 10.8. The molecule has 3 aromatic carbocycles. The number of aromatic amines is 1. The zero-order valence-corrected chi connectivity index (χ0v) is 21.6. The van der Waals surface area contributed by atoms with Crippen LogP contribution in [0.1, 0.15) is 0 Å². The summed E-state index contributed by atoms with van der Waals surface area (Å²) in [5.41, 5.74) is 3.93. The number of nitrogens with one attached hydrogen (secondary N) is 2. The van der Waals surface area contributed by atoms with Gasteiger partial charge in [-0.2, -0.15) is 0 Å². The number of methoxy groups -OCH3 is 2. The van der Waals surface area contributed by atoms with Crippen LogP contribution in [-0.4, -0.2) is 46.0 Å². The normalized spacial score (nSPS) is 11.0. The van der Waals surface area contributed by atoms with Crippen LogP contribution in [0.2, 0.25) is 0 Å². The molecule has 0 unspecified atom stereocenters. The van der Waals surface area contributed by atoms with E-state index in [4.69, 9.17) is 13.9 Å². The van der Waals surface area contributed by atoms with Gasteiger partial charge in [-0.1, -0.05) is 27.7 Å². The fourth-order valence-electron chi connectivity index (χ4n) is 3.51. The van der Waals surface area contributed by atoms with E-state index in [1.807, 2.05) is 60.7 Å². The summed E-state index contributed by atoms with van der Waals surface area (Å²) in [6.45, 7) is 0. The van der Waals surface area contributed by atoms with Crippen molar-refractivity contribution in [1.29, 1.82) is 0 Å². The second-order valence-corrected chi connectivity index (χ2v) is 9.45. The van der Waals surface area contributed by atoms with Crippen LogP contribution in [-0.2, 0) is 4.79 Å². The highest BCUT2D eigenvalue weighted by molar-refractivity contribution is 9.10. The first-order valence-corrected chi connectivity index (χ1v) is 12.5.